The van der Waals surface area contributed by atoms with Crippen molar-refractivity contribution in [3.63, 3.8) is 0 Å². The Balaban J connectivity index is 2.12. The summed E-state index contributed by atoms with van der Waals surface area (Å²) in [5.74, 6) is 0.943. The lowest BCUT2D eigenvalue weighted by molar-refractivity contribution is 0.303. The molecule has 3 heteroatoms. The van der Waals surface area contributed by atoms with E-state index in [-0.39, 0.29) is 0 Å². The third kappa shape index (κ3) is 5.57. The first-order valence-electron chi connectivity index (χ1n) is 5.28. The van der Waals surface area contributed by atoms with Crippen LogP contribution in [0.4, 0.5) is 0 Å². The molecule has 1 nitrogen and oxygen atoms in total. The van der Waals surface area contributed by atoms with Crippen LogP contribution in [0.25, 0.3) is 0 Å². The van der Waals surface area contributed by atoms with Crippen LogP contribution in [0.3, 0.4) is 0 Å². The molecule has 0 saturated carbocycles. The second kappa shape index (κ2) is 8.17. The number of para-hydroxylation sites is 1. The molecular formula is C12H16Br2O. The number of rotatable bonds is 7. The zero-order chi connectivity index (χ0) is 10.9. The maximum Gasteiger partial charge on any atom is 0.133 e. The van der Waals surface area contributed by atoms with E-state index in [2.05, 4.69) is 31.9 Å². The van der Waals surface area contributed by atoms with E-state index in [1.54, 1.807) is 0 Å². The highest BCUT2D eigenvalue weighted by Gasteiger charge is 1.98. The molecule has 0 radical (unpaired) electrons. The van der Waals surface area contributed by atoms with Gasteiger partial charge >= 0.3 is 0 Å². The van der Waals surface area contributed by atoms with E-state index in [0.717, 1.165) is 28.6 Å². The van der Waals surface area contributed by atoms with Gasteiger partial charge in [-0.3, -0.25) is 0 Å². The monoisotopic (exact) mass is 334 g/mol. The third-order valence-corrected chi connectivity index (χ3v) is 3.34. The molecule has 84 valence electrons. The Hall–Kier alpha value is -0.0200. The van der Waals surface area contributed by atoms with Crippen LogP contribution in [0.15, 0.2) is 28.7 Å². The van der Waals surface area contributed by atoms with Gasteiger partial charge in [-0.1, -0.05) is 40.9 Å². The lowest BCUT2D eigenvalue weighted by Crippen LogP contribution is -1.97. The van der Waals surface area contributed by atoms with E-state index in [1.807, 2.05) is 24.3 Å². The van der Waals surface area contributed by atoms with E-state index in [4.69, 9.17) is 4.74 Å². The molecule has 0 N–H and O–H groups in total. The quantitative estimate of drug-likeness (QED) is 0.514. The molecule has 0 aliphatic carbocycles. The van der Waals surface area contributed by atoms with Crippen molar-refractivity contribution in [1.29, 1.82) is 0 Å². The second-order valence-electron chi connectivity index (χ2n) is 3.38. The van der Waals surface area contributed by atoms with Gasteiger partial charge in [0.2, 0.25) is 0 Å². The van der Waals surface area contributed by atoms with E-state index in [1.165, 1.54) is 19.3 Å². The highest BCUT2D eigenvalue weighted by atomic mass is 79.9. The van der Waals surface area contributed by atoms with Gasteiger partial charge in [-0.05, 0) is 40.9 Å². The predicted molar refractivity (Wildman–Crippen MR) is 71.9 cm³/mol. The van der Waals surface area contributed by atoms with Crippen molar-refractivity contribution in [3.05, 3.63) is 28.7 Å². The first-order chi connectivity index (χ1) is 7.34. The second-order valence-corrected chi connectivity index (χ2v) is 5.03. The standard InChI is InChI=1S/C12H16Br2O/c13-9-5-1-2-6-10-15-12-8-4-3-7-11(12)14/h3-4,7-8H,1-2,5-6,9-10H2. The molecule has 0 spiro atoms. The van der Waals surface area contributed by atoms with Gasteiger partial charge in [0.05, 0.1) is 11.1 Å². The Morgan fingerprint density at radius 2 is 1.73 bits per heavy atom. The van der Waals surface area contributed by atoms with Gasteiger partial charge in [0.15, 0.2) is 0 Å². The van der Waals surface area contributed by atoms with Crippen molar-refractivity contribution in [2.45, 2.75) is 25.7 Å². The number of hydrogen-bond acceptors (Lipinski definition) is 1. The van der Waals surface area contributed by atoms with Crippen molar-refractivity contribution in [3.8, 4) is 5.75 Å². The Kier molecular flexibility index (Phi) is 7.11. The number of hydrogen-bond donors (Lipinski definition) is 0. The van der Waals surface area contributed by atoms with Crippen LogP contribution in [0.2, 0.25) is 0 Å². The molecule has 0 aliphatic rings. The third-order valence-electron chi connectivity index (χ3n) is 2.12. The highest BCUT2D eigenvalue weighted by molar-refractivity contribution is 9.10. The van der Waals surface area contributed by atoms with Crippen molar-refractivity contribution >= 4 is 31.9 Å². The highest BCUT2D eigenvalue weighted by Crippen LogP contribution is 2.23. The summed E-state index contributed by atoms with van der Waals surface area (Å²) in [6, 6.07) is 7.97. The summed E-state index contributed by atoms with van der Waals surface area (Å²) in [6.07, 6.45) is 4.92. The minimum Gasteiger partial charge on any atom is -0.492 e. The molecule has 0 amide bonds. The van der Waals surface area contributed by atoms with Crippen LogP contribution in [-0.4, -0.2) is 11.9 Å². The van der Waals surface area contributed by atoms with Gasteiger partial charge in [-0.2, -0.15) is 0 Å². The number of unbranched alkanes of at least 4 members (excludes halogenated alkanes) is 3. The lowest BCUT2D eigenvalue weighted by atomic mass is 10.2. The predicted octanol–water partition coefficient (Wildman–Crippen LogP) is 4.78. The van der Waals surface area contributed by atoms with E-state index >= 15 is 0 Å². The maximum atomic E-state index is 5.66. The number of halogens is 2. The number of ether oxygens (including phenoxy) is 1. The Bertz CT molecular complexity index is 276. The van der Waals surface area contributed by atoms with Crippen molar-refractivity contribution in [2.75, 3.05) is 11.9 Å². The molecule has 0 saturated heterocycles. The Labute approximate surface area is 108 Å². The molecule has 0 fully saturated rings. The van der Waals surface area contributed by atoms with Gasteiger partial charge in [0.1, 0.15) is 5.75 Å². The molecule has 0 atom stereocenters. The van der Waals surface area contributed by atoms with E-state index < -0.39 is 0 Å². The summed E-state index contributed by atoms with van der Waals surface area (Å²) >= 11 is 6.89. The molecule has 0 aliphatic heterocycles. The molecule has 15 heavy (non-hydrogen) atoms. The van der Waals surface area contributed by atoms with E-state index in [9.17, 15) is 0 Å². The summed E-state index contributed by atoms with van der Waals surface area (Å²) in [5, 5.41) is 1.11. The fourth-order valence-corrected chi connectivity index (χ4v) is 2.09. The van der Waals surface area contributed by atoms with Crippen molar-refractivity contribution in [2.24, 2.45) is 0 Å². The van der Waals surface area contributed by atoms with Crippen LogP contribution in [0.1, 0.15) is 25.7 Å². The van der Waals surface area contributed by atoms with Gasteiger partial charge in [-0.15, -0.1) is 0 Å². The van der Waals surface area contributed by atoms with Gasteiger partial charge in [0.25, 0.3) is 0 Å². The minimum atomic E-state index is 0.810. The summed E-state index contributed by atoms with van der Waals surface area (Å²) in [6.45, 7) is 0.810. The molecule has 1 rings (SSSR count). The van der Waals surface area contributed by atoms with Crippen LogP contribution in [-0.2, 0) is 0 Å². The zero-order valence-corrected chi connectivity index (χ0v) is 11.9. The fourth-order valence-electron chi connectivity index (χ4n) is 1.29. The Morgan fingerprint density at radius 3 is 2.47 bits per heavy atom. The Morgan fingerprint density at radius 1 is 1.00 bits per heavy atom. The summed E-state index contributed by atoms with van der Waals surface area (Å²) < 4.78 is 6.69. The maximum absolute atomic E-state index is 5.66. The SMILES string of the molecule is BrCCCCCCOc1ccccc1Br. The lowest BCUT2D eigenvalue weighted by Gasteiger charge is -2.07. The van der Waals surface area contributed by atoms with Crippen LogP contribution in [0, 0.1) is 0 Å². The molecule has 1 aromatic rings. The molecule has 0 unspecified atom stereocenters. The summed E-state index contributed by atoms with van der Waals surface area (Å²) in [7, 11) is 0. The van der Waals surface area contributed by atoms with Gasteiger partial charge < -0.3 is 4.74 Å². The van der Waals surface area contributed by atoms with Crippen LogP contribution < -0.4 is 4.74 Å². The topological polar surface area (TPSA) is 9.23 Å². The smallest absolute Gasteiger partial charge is 0.133 e. The molecule has 1 aromatic carbocycles. The number of alkyl halides is 1. The minimum absolute atomic E-state index is 0.810. The van der Waals surface area contributed by atoms with Gasteiger partial charge in [0, 0.05) is 5.33 Å². The van der Waals surface area contributed by atoms with Crippen molar-refractivity contribution in [1.82, 2.24) is 0 Å². The molecule has 0 aromatic heterocycles. The summed E-state index contributed by atoms with van der Waals surface area (Å²) in [4.78, 5) is 0. The van der Waals surface area contributed by atoms with E-state index in [0.29, 0.717) is 0 Å². The van der Waals surface area contributed by atoms with Crippen LogP contribution in [0.5, 0.6) is 5.75 Å². The fraction of sp³-hybridized carbons (Fsp3) is 0.500. The van der Waals surface area contributed by atoms with Crippen molar-refractivity contribution < 1.29 is 4.74 Å². The first-order valence-corrected chi connectivity index (χ1v) is 7.19. The summed E-state index contributed by atoms with van der Waals surface area (Å²) in [5.41, 5.74) is 0. The molecular weight excluding hydrogens is 320 g/mol. The molecule has 0 bridgehead atoms. The zero-order valence-electron chi connectivity index (χ0n) is 8.72. The number of benzene rings is 1. The largest absolute Gasteiger partial charge is 0.492 e. The average Bonchev–Trinajstić information content (AvgIpc) is 2.25. The molecule has 0 heterocycles. The first kappa shape index (κ1) is 13.0. The average molecular weight is 336 g/mol. The van der Waals surface area contributed by atoms with Gasteiger partial charge in [-0.25, -0.2) is 0 Å². The normalized spacial score (nSPS) is 10.3. The van der Waals surface area contributed by atoms with Crippen LogP contribution >= 0.6 is 31.9 Å².